The molecule has 0 bridgehead atoms. The molecule has 1 aliphatic rings. The molecule has 0 aliphatic heterocycles. The minimum absolute atomic E-state index is 0.111. The number of hydrogen-bond acceptors (Lipinski definition) is 5. The summed E-state index contributed by atoms with van der Waals surface area (Å²) in [7, 11) is 1.55. The zero-order valence-electron chi connectivity index (χ0n) is 24.6. The molecular formula is C34H36FN3O5. The zero-order chi connectivity index (χ0) is 30.7. The number of hydrogen-bond donors (Lipinski definition) is 3. The van der Waals surface area contributed by atoms with Gasteiger partial charge in [0.2, 0.25) is 0 Å². The molecule has 3 aromatic carbocycles. The number of amides is 2. The number of nitrogens with zero attached hydrogens (tertiary/aromatic N) is 1. The summed E-state index contributed by atoms with van der Waals surface area (Å²) in [4.78, 5) is 40.4. The summed E-state index contributed by atoms with van der Waals surface area (Å²) in [6, 6.07) is 16.9. The van der Waals surface area contributed by atoms with Gasteiger partial charge in [-0.25, -0.2) is 4.39 Å². The van der Waals surface area contributed by atoms with Gasteiger partial charge in [-0.2, -0.15) is 0 Å². The van der Waals surface area contributed by atoms with E-state index in [0.717, 1.165) is 29.7 Å². The fourth-order valence-corrected chi connectivity index (χ4v) is 6.17. The van der Waals surface area contributed by atoms with Crippen LogP contribution in [0.5, 0.6) is 0 Å². The lowest BCUT2D eigenvalue weighted by Crippen LogP contribution is -2.47. The highest BCUT2D eigenvalue weighted by atomic mass is 19.1. The molecule has 2 amide bonds. The molecule has 0 spiro atoms. The molecule has 5 rings (SSSR count). The van der Waals surface area contributed by atoms with E-state index in [4.69, 9.17) is 4.42 Å². The van der Waals surface area contributed by atoms with Crippen molar-refractivity contribution in [3.8, 4) is 22.5 Å². The average Bonchev–Trinajstić information content (AvgIpc) is 3.61. The van der Waals surface area contributed by atoms with Crippen molar-refractivity contribution in [3.05, 3.63) is 77.6 Å². The van der Waals surface area contributed by atoms with Crippen LogP contribution in [0.15, 0.2) is 65.1 Å². The Hall–Kier alpha value is -4.66. The topological polar surface area (TPSA) is 112 Å². The zero-order valence-corrected chi connectivity index (χ0v) is 24.6. The number of fused-ring (bicyclic) bond motifs is 1. The Bertz CT molecular complexity index is 1670. The minimum atomic E-state index is -0.930. The first-order chi connectivity index (χ1) is 20.7. The van der Waals surface area contributed by atoms with Crippen LogP contribution in [0.2, 0.25) is 0 Å². The highest BCUT2D eigenvalue weighted by Gasteiger charge is 2.37. The summed E-state index contributed by atoms with van der Waals surface area (Å²) < 4.78 is 20.0. The maximum Gasteiger partial charge on any atom is 0.305 e. The quantitative estimate of drug-likeness (QED) is 0.193. The Morgan fingerprint density at radius 3 is 2.28 bits per heavy atom. The number of carboxylic acid groups (broad SMARTS) is 1. The number of benzene rings is 3. The second-order valence-electron chi connectivity index (χ2n) is 11.0. The van der Waals surface area contributed by atoms with Gasteiger partial charge >= 0.3 is 5.97 Å². The lowest BCUT2D eigenvalue weighted by Gasteiger charge is -2.29. The van der Waals surface area contributed by atoms with Gasteiger partial charge in [0, 0.05) is 54.0 Å². The Morgan fingerprint density at radius 2 is 1.65 bits per heavy atom. The second-order valence-corrected chi connectivity index (χ2v) is 11.0. The van der Waals surface area contributed by atoms with Crippen LogP contribution in [0.3, 0.4) is 0 Å². The summed E-state index contributed by atoms with van der Waals surface area (Å²) in [6.45, 7) is 5.52. The van der Waals surface area contributed by atoms with Gasteiger partial charge in [-0.05, 0) is 74.7 Å². The number of rotatable bonds is 10. The van der Waals surface area contributed by atoms with Crippen molar-refractivity contribution in [1.29, 1.82) is 0 Å². The van der Waals surface area contributed by atoms with Gasteiger partial charge in [0.25, 0.3) is 11.8 Å². The molecule has 0 atom stereocenters. The number of carbonyl (C=O) groups is 3. The number of carbonyl (C=O) groups excluding carboxylic acids is 2. The van der Waals surface area contributed by atoms with Gasteiger partial charge in [0.05, 0.1) is 17.5 Å². The monoisotopic (exact) mass is 585 g/mol. The summed E-state index contributed by atoms with van der Waals surface area (Å²) in [5.74, 6) is -1.64. The number of halogens is 1. The molecule has 224 valence electrons. The molecule has 4 aromatic rings. The Balaban J connectivity index is 1.64. The average molecular weight is 586 g/mol. The van der Waals surface area contributed by atoms with E-state index in [2.05, 4.69) is 15.5 Å². The molecule has 0 saturated heterocycles. The smallest absolute Gasteiger partial charge is 0.305 e. The van der Waals surface area contributed by atoms with Gasteiger partial charge in [-0.1, -0.05) is 25.0 Å². The van der Waals surface area contributed by atoms with E-state index in [1.165, 1.54) is 12.1 Å². The van der Waals surface area contributed by atoms with Crippen molar-refractivity contribution >= 4 is 34.4 Å². The van der Waals surface area contributed by atoms with E-state index in [1.807, 2.05) is 32.0 Å². The number of furan rings is 1. The van der Waals surface area contributed by atoms with Crippen LogP contribution in [-0.2, 0) is 4.79 Å². The van der Waals surface area contributed by atoms with Crippen LogP contribution in [0.1, 0.15) is 66.7 Å². The minimum Gasteiger partial charge on any atom is -0.481 e. The molecule has 1 aliphatic carbocycles. The third kappa shape index (κ3) is 5.98. The van der Waals surface area contributed by atoms with Crippen molar-refractivity contribution in [2.24, 2.45) is 0 Å². The molecular weight excluding hydrogens is 549 g/mol. The van der Waals surface area contributed by atoms with Crippen LogP contribution in [0.4, 0.5) is 10.1 Å². The lowest BCUT2D eigenvalue weighted by atomic mass is 9.92. The largest absolute Gasteiger partial charge is 0.481 e. The normalized spacial score (nSPS) is 14.0. The van der Waals surface area contributed by atoms with Crippen LogP contribution < -0.4 is 15.5 Å². The van der Waals surface area contributed by atoms with Gasteiger partial charge in [0.15, 0.2) is 0 Å². The molecule has 43 heavy (non-hydrogen) atoms. The summed E-state index contributed by atoms with van der Waals surface area (Å²) in [5.41, 5.74) is 3.53. The van der Waals surface area contributed by atoms with Crippen molar-refractivity contribution in [2.75, 3.05) is 25.0 Å². The molecule has 1 fully saturated rings. The van der Waals surface area contributed by atoms with Crippen molar-refractivity contribution < 1.29 is 28.3 Å². The first-order valence-corrected chi connectivity index (χ1v) is 14.7. The number of nitrogens with one attached hydrogen (secondary N) is 2. The van der Waals surface area contributed by atoms with E-state index in [1.54, 1.807) is 37.4 Å². The third-order valence-electron chi connectivity index (χ3n) is 8.34. The van der Waals surface area contributed by atoms with E-state index in [0.29, 0.717) is 59.4 Å². The molecule has 3 N–H and O–H groups in total. The molecule has 1 heterocycles. The van der Waals surface area contributed by atoms with Crippen LogP contribution in [0, 0.1) is 5.82 Å². The Kier molecular flexibility index (Phi) is 8.52. The molecule has 9 heteroatoms. The standard InChI is InChI=1S/C34H36FN3O5/c1-4-38(5-2)27-19-28-26(30(33(42)36-3)31(43-28)21-11-13-24(35)14-12-21)18-25(27)22-9-8-10-23(17-22)32(41)37-34(20-29(39)40)15-6-7-16-34/h8-14,17-19H,4-7,15-16,20H2,1-3H3,(H,36,42)(H,37,41)(H,39,40). The maximum absolute atomic E-state index is 13.7. The van der Waals surface area contributed by atoms with E-state index in [9.17, 15) is 23.9 Å². The summed E-state index contributed by atoms with van der Waals surface area (Å²) >= 11 is 0. The fourth-order valence-electron chi connectivity index (χ4n) is 6.17. The van der Waals surface area contributed by atoms with Crippen LogP contribution in [-0.4, -0.2) is 48.6 Å². The highest BCUT2D eigenvalue weighted by Crippen LogP contribution is 2.41. The molecule has 1 saturated carbocycles. The third-order valence-corrected chi connectivity index (χ3v) is 8.34. The van der Waals surface area contributed by atoms with Gasteiger partial charge < -0.3 is 25.1 Å². The molecule has 8 nitrogen and oxygen atoms in total. The first-order valence-electron chi connectivity index (χ1n) is 14.7. The molecule has 1 aromatic heterocycles. The lowest BCUT2D eigenvalue weighted by molar-refractivity contribution is -0.138. The Labute approximate surface area is 249 Å². The van der Waals surface area contributed by atoms with Crippen molar-refractivity contribution in [2.45, 2.75) is 51.5 Å². The molecule has 0 radical (unpaired) electrons. The highest BCUT2D eigenvalue weighted by molar-refractivity contribution is 6.13. The van der Waals surface area contributed by atoms with Crippen molar-refractivity contribution in [3.63, 3.8) is 0 Å². The van der Waals surface area contributed by atoms with Crippen LogP contribution >= 0.6 is 0 Å². The van der Waals surface area contributed by atoms with E-state index in [-0.39, 0.29) is 18.2 Å². The van der Waals surface area contributed by atoms with Gasteiger partial charge in [-0.15, -0.1) is 0 Å². The number of carboxylic acids is 1. The fraction of sp³-hybridized carbons (Fsp3) is 0.324. The molecule has 0 unspecified atom stereocenters. The van der Waals surface area contributed by atoms with Gasteiger partial charge in [0.1, 0.15) is 17.2 Å². The van der Waals surface area contributed by atoms with Gasteiger partial charge in [-0.3, -0.25) is 14.4 Å². The predicted molar refractivity (Wildman–Crippen MR) is 165 cm³/mol. The Morgan fingerprint density at radius 1 is 0.953 bits per heavy atom. The predicted octanol–water partition coefficient (Wildman–Crippen LogP) is 6.63. The second kappa shape index (κ2) is 12.3. The number of aliphatic carboxylic acids is 1. The first kappa shape index (κ1) is 29.8. The summed E-state index contributed by atoms with van der Waals surface area (Å²) in [5, 5.41) is 15.8. The van der Waals surface area contributed by atoms with Crippen LogP contribution in [0.25, 0.3) is 33.4 Å². The van der Waals surface area contributed by atoms with Crippen molar-refractivity contribution in [1.82, 2.24) is 10.6 Å². The summed E-state index contributed by atoms with van der Waals surface area (Å²) in [6.07, 6.45) is 2.90. The van der Waals surface area contributed by atoms with E-state index >= 15 is 0 Å². The number of anilines is 1. The maximum atomic E-state index is 13.7. The SMILES string of the molecule is CCN(CC)c1cc2oc(-c3ccc(F)cc3)c(C(=O)NC)c2cc1-c1cccc(C(=O)NC2(CC(=O)O)CCCC2)c1. The van der Waals surface area contributed by atoms with E-state index < -0.39 is 17.3 Å².